The summed E-state index contributed by atoms with van der Waals surface area (Å²) in [7, 11) is -2.73. The molecule has 0 aromatic heterocycles. The Hall–Kier alpha value is -2.21. The minimum atomic E-state index is -4.21. The highest BCUT2D eigenvalue weighted by atomic mass is 32.2. The Morgan fingerprint density at radius 1 is 1.15 bits per heavy atom. The standard InChI is InChI=1S/C22H31NO9S/c1-6-7-12-29-21(25)18-20-19(31-22(3,4)32-20)17(30-14(2)24)13-23(18)33(26,27)16-10-8-15(28-5)9-11-16/h8-11,17-20H,6-7,12-13H2,1-5H3/t17-,18-,19-,20+/m1/s1. The molecule has 11 heteroatoms. The van der Waals surface area contributed by atoms with Crippen LogP contribution in [0.1, 0.15) is 40.5 Å². The van der Waals surface area contributed by atoms with Crippen molar-refractivity contribution in [3.05, 3.63) is 24.3 Å². The van der Waals surface area contributed by atoms with Gasteiger partial charge in [-0.15, -0.1) is 0 Å². The van der Waals surface area contributed by atoms with Crippen molar-refractivity contribution in [3.63, 3.8) is 0 Å². The third kappa shape index (κ3) is 5.48. The summed E-state index contributed by atoms with van der Waals surface area (Å²) in [6.07, 6.45) is -1.40. The molecule has 10 nitrogen and oxygen atoms in total. The summed E-state index contributed by atoms with van der Waals surface area (Å²) >= 11 is 0. The molecule has 184 valence electrons. The highest BCUT2D eigenvalue weighted by Crippen LogP contribution is 2.40. The molecule has 4 atom stereocenters. The molecule has 1 aromatic rings. The van der Waals surface area contributed by atoms with E-state index >= 15 is 0 Å². The first-order valence-electron chi connectivity index (χ1n) is 10.9. The smallest absolute Gasteiger partial charge is 0.327 e. The molecule has 0 N–H and O–H groups in total. The molecule has 2 fully saturated rings. The van der Waals surface area contributed by atoms with Gasteiger partial charge in [-0.2, -0.15) is 4.31 Å². The largest absolute Gasteiger partial charge is 0.497 e. The Labute approximate surface area is 194 Å². The second-order valence-electron chi connectivity index (χ2n) is 8.43. The quantitative estimate of drug-likeness (QED) is 0.402. The van der Waals surface area contributed by atoms with Crippen LogP contribution in [0.25, 0.3) is 0 Å². The van der Waals surface area contributed by atoms with Gasteiger partial charge in [0.25, 0.3) is 0 Å². The fourth-order valence-electron chi connectivity index (χ4n) is 4.01. The fraction of sp³-hybridized carbons (Fsp3) is 0.636. The lowest BCUT2D eigenvalue weighted by atomic mass is 9.96. The number of unbranched alkanes of at least 4 members (excludes halogenated alkanes) is 1. The van der Waals surface area contributed by atoms with Gasteiger partial charge in [0.1, 0.15) is 24.1 Å². The number of hydrogen-bond donors (Lipinski definition) is 0. The van der Waals surface area contributed by atoms with E-state index in [2.05, 4.69) is 0 Å². The molecule has 0 bridgehead atoms. The minimum absolute atomic E-state index is 0.0483. The summed E-state index contributed by atoms with van der Waals surface area (Å²) in [5.41, 5.74) is 0. The van der Waals surface area contributed by atoms with Gasteiger partial charge in [-0.25, -0.2) is 8.42 Å². The topological polar surface area (TPSA) is 118 Å². The van der Waals surface area contributed by atoms with E-state index in [1.54, 1.807) is 13.8 Å². The van der Waals surface area contributed by atoms with Gasteiger partial charge in [-0.3, -0.25) is 9.59 Å². The van der Waals surface area contributed by atoms with Crippen LogP contribution >= 0.6 is 0 Å². The van der Waals surface area contributed by atoms with E-state index in [0.717, 1.165) is 10.7 Å². The van der Waals surface area contributed by atoms with Gasteiger partial charge < -0.3 is 23.7 Å². The molecule has 1 aromatic carbocycles. The predicted octanol–water partition coefficient (Wildman–Crippen LogP) is 1.86. The van der Waals surface area contributed by atoms with E-state index in [-0.39, 0.29) is 18.0 Å². The van der Waals surface area contributed by atoms with Crippen molar-refractivity contribution >= 4 is 22.0 Å². The van der Waals surface area contributed by atoms with Crippen LogP contribution in [0.5, 0.6) is 5.75 Å². The highest BCUT2D eigenvalue weighted by molar-refractivity contribution is 7.89. The molecule has 2 heterocycles. The molecule has 0 aliphatic carbocycles. The van der Waals surface area contributed by atoms with Gasteiger partial charge in [0.05, 0.1) is 25.2 Å². The summed E-state index contributed by atoms with van der Waals surface area (Å²) in [6.45, 7) is 6.34. The molecule has 2 aliphatic rings. The Kier molecular flexibility index (Phi) is 7.67. The zero-order chi connectivity index (χ0) is 24.4. The minimum Gasteiger partial charge on any atom is -0.497 e. The van der Waals surface area contributed by atoms with E-state index in [1.807, 2.05) is 6.92 Å². The molecule has 0 spiro atoms. The van der Waals surface area contributed by atoms with Crippen LogP contribution in [0.4, 0.5) is 0 Å². The third-order valence-electron chi connectivity index (χ3n) is 5.48. The van der Waals surface area contributed by atoms with Crippen molar-refractivity contribution in [2.24, 2.45) is 0 Å². The second kappa shape index (κ2) is 9.96. The highest BCUT2D eigenvalue weighted by Gasteiger charge is 2.60. The summed E-state index contributed by atoms with van der Waals surface area (Å²) < 4.78 is 56.1. The van der Waals surface area contributed by atoms with E-state index < -0.39 is 52.1 Å². The maximum absolute atomic E-state index is 13.7. The Balaban J connectivity index is 2.04. The fourth-order valence-corrected chi connectivity index (χ4v) is 5.61. The number of nitrogens with zero attached hydrogens (tertiary/aromatic N) is 1. The van der Waals surface area contributed by atoms with Crippen molar-refractivity contribution in [2.45, 2.75) is 75.6 Å². The van der Waals surface area contributed by atoms with E-state index in [0.29, 0.717) is 12.2 Å². The lowest BCUT2D eigenvalue weighted by molar-refractivity contribution is -0.169. The molecular formula is C22H31NO9S. The first-order valence-corrected chi connectivity index (χ1v) is 12.3. The number of fused-ring (bicyclic) bond motifs is 1. The van der Waals surface area contributed by atoms with E-state index in [9.17, 15) is 18.0 Å². The summed E-state index contributed by atoms with van der Waals surface area (Å²) in [4.78, 5) is 24.9. The van der Waals surface area contributed by atoms with Crippen molar-refractivity contribution in [1.29, 1.82) is 0 Å². The van der Waals surface area contributed by atoms with Crippen molar-refractivity contribution in [2.75, 3.05) is 20.3 Å². The summed E-state index contributed by atoms with van der Waals surface area (Å²) in [5, 5.41) is 0. The zero-order valence-corrected chi connectivity index (χ0v) is 20.3. The number of piperidine rings is 1. The van der Waals surface area contributed by atoms with Crippen LogP contribution in [0.2, 0.25) is 0 Å². The SMILES string of the molecule is CCCCOC(=O)[C@H]1[C@@H]2OC(C)(C)O[C@@H]2[C@H](OC(C)=O)CN1S(=O)(=O)c1ccc(OC)cc1. The lowest BCUT2D eigenvalue weighted by Crippen LogP contribution is -2.65. The number of ether oxygens (including phenoxy) is 5. The third-order valence-corrected chi connectivity index (χ3v) is 7.34. The maximum Gasteiger partial charge on any atom is 0.327 e. The monoisotopic (exact) mass is 485 g/mol. The van der Waals surface area contributed by atoms with Crippen LogP contribution in [-0.2, 0) is 38.6 Å². The number of methoxy groups -OCH3 is 1. The zero-order valence-electron chi connectivity index (χ0n) is 19.5. The number of hydrogen-bond acceptors (Lipinski definition) is 9. The molecular weight excluding hydrogens is 454 g/mol. The average molecular weight is 486 g/mol. The number of sulfonamides is 1. The van der Waals surface area contributed by atoms with Gasteiger partial charge >= 0.3 is 11.9 Å². The van der Waals surface area contributed by atoms with Crippen molar-refractivity contribution in [1.82, 2.24) is 4.31 Å². The molecule has 0 unspecified atom stereocenters. The first kappa shape index (κ1) is 25.4. The summed E-state index contributed by atoms with van der Waals surface area (Å²) in [5.74, 6) is -1.97. The number of esters is 2. The first-order chi connectivity index (χ1) is 15.5. The number of carbonyl (C=O) groups is 2. The normalized spacial score (nSPS) is 26.9. The summed E-state index contributed by atoms with van der Waals surface area (Å²) in [6, 6.07) is 4.48. The van der Waals surface area contributed by atoms with E-state index in [1.165, 1.54) is 38.3 Å². The predicted molar refractivity (Wildman–Crippen MR) is 116 cm³/mol. The van der Waals surface area contributed by atoms with Gasteiger partial charge in [-0.1, -0.05) is 13.3 Å². The molecule has 0 amide bonds. The van der Waals surface area contributed by atoms with Gasteiger partial charge in [-0.05, 0) is 44.5 Å². The van der Waals surface area contributed by atoms with Gasteiger partial charge in [0, 0.05) is 6.92 Å². The molecule has 2 saturated heterocycles. The lowest BCUT2D eigenvalue weighted by Gasteiger charge is -2.42. The Morgan fingerprint density at radius 3 is 2.36 bits per heavy atom. The van der Waals surface area contributed by atoms with Gasteiger partial charge in [0.2, 0.25) is 10.0 Å². The number of rotatable bonds is 8. The molecule has 33 heavy (non-hydrogen) atoms. The molecule has 2 aliphatic heterocycles. The van der Waals surface area contributed by atoms with Crippen LogP contribution in [0.15, 0.2) is 29.2 Å². The Bertz CT molecular complexity index is 961. The van der Waals surface area contributed by atoms with Crippen molar-refractivity contribution < 1.29 is 41.7 Å². The Morgan fingerprint density at radius 2 is 1.79 bits per heavy atom. The van der Waals surface area contributed by atoms with Crippen LogP contribution in [-0.4, -0.2) is 75.1 Å². The molecule has 0 saturated carbocycles. The van der Waals surface area contributed by atoms with Crippen molar-refractivity contribution in [3.8, 4) is 5.75 Å². The average Bonchev–Trinajstić information content (AvgIpc) is 3.08. The number of benzene rings is 1. The van der Waals surface area contributed by atoms with Crippen LogP contribution in [0, 0.1) is 0 Å². The molecule has 0 radical (unpaired) electrons. The maximum atomic E-state index is 13.7. The van der Waals surface area contributed by atoms with E-state index in [4.69, 9.17) is 23.7 Å². The van der Waals surface area contributed by atoms with Crippen LogP contribution < -0.4 is 4.74 Å². The van der Waals surface area contributed by atoms with Gasteiger partial charge in [0.15, 0.2) is 11.8 Å². The second-order valence-corrected chi connectivity index (χ2v) is 10.3. The molecule has 3 rings (SSSR count). The van der Waals surface area contributed by atoms with Crippen LogP contribution in [0.3, 0.4) is 0 Å². The number of carbonyl (C=O) groups excluding carboxylic acids is 2.